The van der Waals surface area contributed by atoms with Crippen molar-refractivity contribution >= 4 is 21.4 Å². The van der Waals surface area contributed by atoms with Crippen LogP contribution < -0.4 is 0 Å². The van der Waals surface area contributed by atoms with Crippen molar-refractivity contribution in [2.24, 2.45) is 0 Å². The molecule has 0 aliphatic heterocycles. The summed E-state index contributed by atoms with van der Waals surface area (Å²) in [5.41, 5.74) is 1.99. The van der Waals surface area contributed by atoms with E-state index in [1.165, 1.54) is 10.9 Å². The highest BCUT2D eigenvalue weighted by atomic mass is 32.1. The molecule has 0 unspecified atom stereocenters. The van der Waals surface area contributed by atoms with Crippen molar-refractivity contribution in [3.63, 3.8) is 0 Å². The Kier molecular flexibility index (Phi) is 2.72. The standard InChI is InChI=1S/C12H12N2S/c1-14(2)8-9-5-10-3-4-15-12(10)11(6-9)7-13/h3-6H,8H2,1-2H3. The van der Waals surface area contributed by atoms with Crippen molar-refractivity contribution in [3.05, 3.63) is 34.7 Å². The first-order chi connectivity index (χ1) is 7.20. The van der Waals surface area contributed by atoms with Crippen LogP contribution in [-0.2, 0) is 6.54 Å². The zero-order valence-electron chi connectivity index (χ0n) is 8.82. The molecule has 0 amide bonds. The van der Waals surface area contributed by atoms with Gasteiger partial charge in [0.05, 0.1) is 10.3 Å². The predicted octanol–water partition coefficient (Wildman–Crippen LogP) is 2.83. The van der Waals surface area contributed by atoms with E-state index in [9.17, 15) is 0 Å². The van der Waals surface area contributed by atoms with Crippen molar-refractivity contribution in [3.8, 4) is 6.07 Å². The summed E-state index contributed by atoms with van der Waals surface area (Å²) in [7, 11) is 4.06. The lowest BCUT2D eigenvalue weighted by atomic mass is 10.1. The van der Waals surface area contributed by atoms with Crippen molar-refractivity contribution in [1.29, 1.82) is 5.26 Å². The van der Waals surface area contributed by atoms with Crippen molar-refractivity contribution in [2.75, 3.05) is 14.1 Å². The van der Waals surface area contributed by atoms with Crippen LogP contribution in [0.15, 0.2) is 23.6 Å². The Balaban J connectivity index is 2.55. The molecule has 76 valence electrons. The molecule has 0 aliphatic rings. The molecule has 0 saturated carbocycles. The molecule has 0 atom stereocenters. The lowest BCUT2D eigenvalue weighted by molar-refractivity contribution is 0.402. The van der Waals surface area contributed by atoms with Crippen LogP contribution in [-0.4, -0.2) is 19.0 Å². The maximum Gasteiger partial charge on any atom is 0.101 e. The predicted molar refractivity (Wildman–Crippen MR) is 63.9 cm³/mol. The van der Waals surface area contributed by atoms with Gasteiger partial charge in [-0.1, -0.05) is 0 Å². The summed E-state index contributed by atoms with van der Waals surface area (Å²) in [6, 6.07) is 8.48. The summed E-state index contributed by atoms with van der Waals surface area (Å²) < 4.78 is 1.10. The maximum atomic E-state index is 9.06. The highest BCUT2D eigenvalue weighted by molar-refractivity contribution is 7.17. The second-order valence-electron chi connectivity index (χ2n) is 3.83. The number of nitrogens with zero attached hydrogens (tertiary/aromatic N) is 2. The summed E-state index contributed by atoms with van der Waals surface area (Å²) in [6.07, 6.45) is 0. The quantitative estimate of drug-likeness (QED) is 0.771. The normalized spacial score (nSPS) is 10.8. The number of thiophene rings is 1. The number of nitriles is 1. The molecule has 1 aromatic carbocycles. The maximum absolute atomic E-state index is 9.06. The second-order valence-corrected chi connectivity index (χ2v) is 4.75. The van der Waals surface area contributed by atoms with Gasteiger partial charge in [0.2, 0.25) is 0 Å². The van der Waals surface area contributed by atoms with E-state index in [-0.39, 0.29) is 0 Å². The first-order valence-electron chi connectivity index (χ1n) is 4.75. The fraction of sp³-hybridized carbons (Fsp3) is 0.250. The lowest BCUT2D eigenvalue weighted by Crippen LogP contribution is -2.10. The number of benzene rings is 1. The van der Waals surface area contributed by atoms with Crippen LogP contribution in [0.1, 0.15) is 11.1 Å². The molecule has 2 aromatic rings. The average molecular weight is 216 g/mol. The van der Waals surface area contributed by atoms with E-state index in [1.807, 2.05) is 25.5 Å². The molecular weight excluding hydrogens is 204 g/mol. The SMILES string of the molecule is CN(C)Cc1cc(C#N)c2sccc2c1. The summed E-state index contributed by atoms with van der Waals surface area (Å²) in [5.74, 6) is 0. The van der Waals surface area contributed by atoms with E-state index in [2.05, 4.69) is 23.1 Å². The third-order valence-electron chi connectivity index (χ3n) is 2.23. The molecule has 2 rings (SSSR count). The molecule has 0 fully saturated rings. The molecule has 3 heteroatoms. The molecular formula is C12H12N2S. The van der Waals surface area contributed by atoms with E-state index in [0.717, 1.165) is 16.8 Å². The van der Waals surface area contributed by atoms with Crippen LogP contribution in [0.5, 0.6) is 0 Å². The largest absolute Gasteiger partial charge is 0.305 e. The average Bonchev–Trinajstić information content (AvgIpc) is 2.63. The van der Waals surface area contributed by atoms with E-state index >= 15 is 0 Å². The van der Waals surface area contributed by atoms with Crippen LogP contribution >= 0.6 is 11.3 Å². The number of fused-ring (bicyclic) bond motifs is 1. The fourth-order valence-electron chi connectivity index (χ4n) is 1.68. The van der Waals surface area contributed by atoms with E-state index < -0.39 is 0 Å². The minimum Gasteiger partial charge on any atom is -0.305 e. The molecule has 2 nitrogen and oxygen atoms in total. The summed E-state index contributed by atoms with van der Waals surface area (Å²) in [4.78, 5) is 2.11. The Labute approximate surface area is 93.4 Å². The van der Waals surface area contributed by atoms with Crippen LogP contribution in [0.3, 0.4) is 0 Å². The van der Waals surface area contributed by atoms with Gasteiger partial charge in [-0.05, 0) is 48.6 Å². The zero-order valence-corrected chi connectivity index (χ0v) is 9.64. The molecule has 1 heterocycles. The van der Waals surface area contributed by atoms with Gasteiger partial charge in [0, 0.05) is 6.54 Å². The second kappa shape index (κ2) is 4.01. The van der Waals surface area contributed by atoms with E-state index in [0.29, 0.717) is 0 Å². The molecule has 1 aromatic heterocycles. The summed E-state index contributed by atoms with van der Waals surface area (Å²) in [6.45, 7) is 0.875. The number of hydrogen-bond donors (Lipinski definition) is 0. The Morgan fingerprint density at radius 3 is 2.87 bits per heavy atom. The van der Waals surface area contributed by atoms with E-state index in [1.54, 1.807) is 11.3 Å². The van der Waals surface area contributed by atoms with Crippen molar-refractivity contribution in [2.45, 2.75) is 6.54 Å². The summed E-state index contributed by atoms with van der Waals surface area (Å²) in [5, 5.41) is 12.3. The number of rotatable bonds is 2. The fourth-order valence-corrected chi connectivity index (χ4v) is 2.53. The highest BCUT2D eigenvalue weighted by Gasteiger charge is 2.05. The minimum atomic E-state index is 0.791. The highest BCUT2D eigenvalue weighted by Crippen LogP contribution is 2.26. The van der Waals surface area contributed by atoms with Gasteiger partial charge in [-0.25, -0.2) is 0 Å². The molecule has 0 radical (unpaired) electrons. The molecule has 0 bridgehead atoms. The van der Waals surface area contributed by atoms with E-state index in [4.69, 9.17) is 5.26 Å². The first kappa shape index (κ1) is 10.2. The Morgan fingerprint density at radius 1 is 1.40 bits per heavy atom. The van der Waals surface area contributed by atoms with Gasteiger partial charge in [-0.2, -0.15) is 5.26 Å². The Morgan fingerprint density at radius 2 is 2.20 bits per heavy atom. The van der Waals surface area contributed by atoms with Gasteiger partial charge in [0.1, 0.15) is 6.07 Å². The lowest BCUT2D eigenvalue weighted by Gasteiger charge is -2.09. The monoisotopic (exact) mass is 216 g/mol. The zero-order chi connectivity index (χ0) is 10.8. The van der Waals surface area contributed by atoms with Gasteiger partial charge in [-0.15, -0.1) is 11.3 Å². The molecule has 0 N–H and O–H groups in total. The molecule has 15 heavy (non-hydrogen) atoms. The number of hydrogen-bond acceptors (Lipinski definition) is 3. The smallest absolute Gasteiger partial charge is 0.101 e. The van der Waals surface area contributed by atoms with Gasteiger partial charge in [0.25, 0.3) is 0 Å². The van der Waals surface area contributed by atoms with Crippen LogP contribution in [0.2, 0.25) is 0 Å². The molecule has 0 saturated heterocycles. The van der Waals surface area contributed by atoms with Crippen LogP contribution in [0.4, 0.5) is 0 Å². The summed E-state index contributed by atoms with van der Waals surface area (Å²) >= 11 is 1.63. The topological polar surface area (TPSA) is 27.0 Å². The van der Waals surface area contributed by atoms with Crippen molar-refractivity contribution < 1.29 is 0 Å². The molecule has 0 spiro atoms. The third-order valence-corrected chi connectivity index (χ3v) is 3.19. The minimum absolute atomic E-state index is 0.791. The van der Waals surface area contributed by atoms with Crippen LogP contribution in [0.25, 0.3) is 10.1 Å². The Hall–Kier alpha value is -1.37. The molecule has 0 aliphatic carbocycles. The van der Waals surface area contributed by atoms with Gasteiger partial charge < -0.3 is 4.90 Å². The Bertz CT molecular complexity index is 520. The first-order valence-corrected chi connectivity index (χ1v) is 5.63. The van der Waals surface area contributed by atoms with Crippen LogP contribution in [0, 0.1) is 11.3 Å². The third kappa shape index (κ3) is 2.01. The van der Waals surface area contributed by atoms with Gasteiger partial charge >= 0.3 is 0 Å². The van der Waals surface area contributed by atoms with Gasteiger partial charge in [0.15, 0.2) is 0 Å². The van der Waals surface area contributed by atoms with Gasteiger partial charge in [-0.3, -0.25) is 0 Å². The van der Waals surface area contributed by atoms with Crippen molar-refractivity contribution in [1.82, 2.24) is 4.90 Å².